The van der Waals surface area contributed by atoms with E-state index in [2.05, 4.69) is 81.8 Å². The second kappa shape index (κ2) is 11.6. The maximum atomic E-state index is 5.88. The Hall–Kier alpha value is -2.16. The molecular weight excluding hydrogens is 342 g/mol. The molecule has 1 saturated heterocycles. The maximum Gasteiger partial charge on any atom is 0.142 e. The summed E-state index contributed by atoms with van der Waals surface area (Å²) in [5.74, 6) is 0.762. The average Bonchev–Trinajstić information content (AvgIpc) is 3.51. The molecule has 1 aromatic rings. The first-order valence-electron chi connectivity index (χ1n) is 10.3. The van der Waals surface area contributed by atoms with Crippen LogP contribution in [0.25, 0.3) is 5.57 Å². The van der Waals surface area contributed by atoms with E-state index >= 15 is 0 Å². The summed E-state index contributed by atoms with van der Waals surface area (Å²) in [5, 5.41) is 0. The van der Waals surface area contributed by atoms with Crippen LogP contribution in [0, 0.1) is 5.92 Å². The Balaban J connectivity index is 1.98. The molecule has 1 aliphatic heterocycles. The fraction of sp³-hybridized carbons (Fsp3) is 0.385. The molecule has 2 rings (SSSR count). The molecule has 3 unspecified atom stereocenters. The van der Waals surface area contributed by atoms with Gasteiger partial charge in [0.05, 0.1) is 0 Å². The highest BCUT2D eigenvalue weighted by atomic mass is 16.6. The zero-order valence-electron chi connectivity index (χ0n) is 17.8. The van der Waals surface area contributed by atoms with Crippen LogP contribution in [-0.2, 0) is 4.74 Å². The van der Waals surface area contributed by atoms with Gasteiger partial charge in [-0.3, -0.25) is 4.90 Å². The van der Waals surface area contributed by atoms with E-state index in [4.69, 9.17) is 4.74 Å². The third-order valence-electron chi connectivity index (χ3n) is 5.28. The number of ether oxygens (including phenoxy) is 1. The minimum atomic E-state index is 0.109. The first-order valence-corrected chi connectivity index (χ1v) is 10.3. The van der Waals surface area contributed by atoms with Crippen LogP contribution in [0.5, 0.6) is 0 Å². The van der Waals surface area contributed by atoms with Crippen molar-refractivity contribution in [1.29, 1.82) is 0 Å². The van der Waals surface area contributed by atoms with E-state index in [0.29, 0.717) is 0 Å². The number of hydrogen-bond acceptors (Lipinski definition) is 2. The molecule has 150 valence electrons. The van der Waals surface area contributed by atoms with Crippen LogP contribution in [0.1, 0.15) is 39.2 Å². The van der Waals surface area contributed by atoms with Crippen LogP contribution >= 0.6 is 0 Å². The van der Waals surface area contributed by atoms with Gasteiger partial charge in [0.25, 0.3) is 0 Å². The van der Waals surface area contributed by atoms with E-state index in [9.17, 15) is 0 Å². The summed E-state index contributed by atoms with van der Waals surface area (Å²) in [6.45, 7) is 11.9. The first kappa shape index (κ1) is 22.1. The van der Waals surface area contributed by atoms with Crippen molar-refractivity contribution in [2.45, 2.75) is 45.9 Å². The molecule has 0 radical (unpaired) electrons. The van der Waals surface area contributed by atoms with Crippen molar-refractivity contribution in [2.75, 3.05) is 13.6 Å². The zero-order valence-corrected chi connectivity index (χ0v) is 17.8. The fourth-order valence-corrected chi connectivity index (χ4v) is 3.00. The number of epoxide rings is 1. The zero-order chi connectivity index (χ0) is 20.4. The second-order valence-corrected chi connectivity index (χ2v) is 7.52. The standard InChI is InChI=1S/C26H35NO/c1-6-21(3)19-20-27(5)26-25(28-26)22(4)17-18-23(7-2)24-15-13-11-9-8-10-12-14-16-24/h7-18,21,25-26H,4,6,19-20H2,1-3,5H3/b9-8?,10-8?,11-9?,12-10?,13-11?,14-12?,15-13?,16-14?,18-17-,23-7+,24-15?,24-16?. The monoisotopic (exact) mass is 377 g/mol. The van der Waals surface area contributed by atoms with E-state index in [-0.39, 0.29) is 12.3 Å². The summed E-state index contributed by atoms with van der Waals surface area (Å²) in [7, 11) is 2.14. The summed E-state index contributed by atoms with van der Waals surface area (Å²) in [6, 6.07) is 18.5. The van der Waals surface area contributed by atoms with E-state index in [1.54, 1.807) is 0 Å². The highest BCUT2D eigenvalue weighted by Crippen LogP contribution is 2.32. The molecule has 0 saturated carbocycles. The van der Waals surface area contributed by atoms with E-state index in [0.717, 1.165) is 18.0 Å². The quantitative estimate of drug-likeness (QED) is 0.364. The van der Waals surface area contributed by atoms with Crippen LogP contribution in [-0.4, -0.2) is 30.8 Å². The molecule has 1 aromatic carbocycles. The molecule has 28 heavy (non-hydrogen) atoms. The highest BCUT2D eigenvalue weighted by Gasteiger charge is 2.43. The van der Waals surface area contributed by atoms with E-state index < -0.39 is 0 Å². The predicted octanol–water partition coefficient (Wildman–Crippen LogP) is 6.42. The summed E-state index contributed by atoms with van der Waals surface area (Å²) in [6.07, 6.45) is 9.08. The molecule has 3 atom stereocenters. The number of allylic oxidation sites excluding steroid dienone is 3. The minimum Gasteiger partial charge on any atom is -0.348 e. The topological polar surface area (TPSA) is 15.8 Å². The highest BCUT2D eigenvalue weighted by molar-refractivity contribution is 5.74. The summed E-state index contributed by atoms with van der Waals surface area (Å²) in [5.41, 5.74) is 3.37. The molecular formula is C26H35NO. The molecule has 2 heteroatoms. The van der Waals surface area contributed by atoms with Gasteiger partial charge in [-0.05, 0) is 43.0 Å². The largest absolute Gasteiger partial charge is 0.348 e. The third kappa shape index (κ3) is 7.10. The Kier molecular flexibility index (Phi) is 9.19. The summed E-state index contributed by atoms with van der Waals surface area (Å²) >= 11 is 0. The van der Waals surface area contributed by atoms with Crippen molar-refractivity contribution in [2.24, 2.45) is 5.92 Å². The number of rotatable bonds is 9. The third-order valence-corrected chi connectivity index (χ3v) is 5.28. The molecule has 1 heterocycles. The van der Waals surface area contributed by atoms with E-state index in [1.807, 2.05) is 30.3 Å². The van der Waals surface area contributed by atoms with Crippen LogP contribution < -0.4 is 0 Å². The Bertz CT molecular complexity index is 723. The molecule has 0 amide bonds. The first-order chi connectivity index (χ1) is 13.6. The van der Waals surface area contributed by atoms with Crippen molar-refractivity contribution in [1.82, 2.24) is 4.90 Å². The number of likely N-dealkylation sites (N-methyl/N-ethyl adjacent to an activating group) is 1. The van der Waals surface area contributed by atoms with Crippen molar-refractivity contribution < 1.29 is 4.74 Å². The van der Waals surface area contributed by atoms with Gasteiger partial charge in [0, 0.05) is 6.54 Å². The van der Waals surface area contributed by atoms with Crippen molar-refractivity contribution in [3.05, 3.63) is 90.5 Å². The van der Waals surface area contributed by atoms with Gasteiger partial charge in [-0.2, -0.15) is 0 Å². The van der Waals surface area contributed by atoms with Crippen LogP contribution in [0.4, 0.5) is 0 Å². The lowest BCUT2D eigenvalue weighted by atomic mass is 10.0. The molecule has 0 aromatic heterocycles. The van der Waals surface area contributed by atoms with Crippen LogP contribution in [0.15, 0.2) is 85.0 Å². The number of nitrogens with zero attached hydrogens (tertiary/aromatic N) is 1. The van der Waals surface area contributed by atoms with Crippen molar-refractivity contribution in [3.63, 3.8) is 0 Å². The smallest absolute Gasteiger partial charge is 0.142 e. The van der Waals surface area contributed by atoms with Crippen LogP contribution in [0.2, 0.25) is 0 Å². The van der Waals surface area contributed by atoms with Gasteiger partial charge in [-0.15, -0.1) is 0 Å². The Morgan fingerprint density at radius 1 is 1.11 bits per heavy atom. The molecule has 1 aliphatic rings. The van der Waals surface area contributed by atoms with Gasteiger partial charge in [-0.1, -0.05) is 99.7 Å². The average molecular weight is 378 g/mol. The van der Waals surface area contributed by atoms with Gasteiger partial charge in [0.1, 0.15) is 12.3 Å². The van der Waals surface area contributed by atoms with Crippen molar-refractivity contribution in [3.8, 4) is 0 Å². The molecule has 0 aliphatic carbocycles. The molecule has 1 fully saturated rings. The Morgan fingerprint density at radius 2 is 1.71 bits per heavy atom. The second-order valence-electron chi connectivity index (χ2n) is 7.52. The predicted molar refractivity (Wildman–Crippen MR) is 121 cm³/mol. The minimum absolute atomic E-state index is 0.109. The van der Waals surface area contributed by atoms with Crippen LogP contribution in [0.3, 0.4) is 0 Å². The summed E-state index contributed by atoms with van der Waals surface area (Å²) < 4.78 is 5.88. The molecule has 0 N–H and O–H groups in total. The fourth-order valence-electron chi connectivity index (χ4n) is 3.00. The summed E-state index contributed by atoms with van der Waals surface area (Å²) in [4.78, 5) is 2.31. The molecule has 2 nitrogen and oxygen atoms in total. The lowest BCUT2D eigenvalue weighted by molar-refractivity contribution is 0.200. The van der Waals surface area contributed by atoms with Gasteiger partial charge in [0.2, 0.25) is 0 Å². The molecule has 0 spiro atoms. The van der Waals surface area contributed by atoms with Gasteiger partial charge < -0.3 is 4.74 Å². The normalized spacial score (nSPS) is 20.1. The van der Waals surface area contributed by atoms with Gasteiger partial charge in [-0.25, -0.2) is 0 Å². The lowest BCUT2D eigenvalue weighted by Crippen LogP contribution is -2.26. The van der Waals surface area contributed by atoms with E-state index in [1.165, 1.54) is 24.0 Å². The van der Waals surface area contributed by atoms with Gasteiger partial charge >= 0.3 is 0 Å². The Morgan fingerprint density at radius 3 is 2.29 bits per heavy atom. The molecule has 0 bridgehead atoms. The lowest BCUT2D eigenvalue weighted by Gasteiger charge is -2.16. The Labute approximate surface area is 171 Å². The van der Waals surface area contributed by atoms with Crippen molar-refractivity contribution >= 4 is 5.57 Å². The number of hydrogen-bond donors (Lipinski definition) is 0. The maximum absolute atomic E-state index is 5.88. The SMILES string of the molecule is C=C(/C=C\C(=C/C)c1ccccccccc1)C1OC1N(C)CCC(C)CC. The van der Waals surface area contributed by atoms with Gasteiger partial charge in [0.15, 0.2) is 0 Å².